The average Bonchev–Trinajstić information content (AvgIpc) is 3.20. The fourth-order valence-electron chi connectivity index (χ4n) is 2.36. The van der Waals surface area contributed by atoms with E-state index in [1.54, 1.807) is 6.92 Å². The number of carbonyl (C=O) groups is 1. The van der Waals surface area contributed by atoms with Gasteiger partial charge in [0.05, 0.1) is 0 Å². The summed E-state index contributed by atoms with van der Waals surface area (Å²) in [5.41, 5.74) is 2.09. The molecule has 0 unspecified atom stereocenters. The normalized spacial score (nSPS) is 11.7. The van der Waals surface area contributed by atoms with Gasteiger partial charge in [-0.25, -0.2) is 9.67 Å². The second-order valence-corrected chi connectivity index (χ2v) is 5.69. The Morgan fingerprint density at radius 1 is 1.16 bits per heavy atom. The van der Waals surface area contributed by atoms with Gasteiger partial charge in [-0.1, -0.05) is 42.5 Å². The van der Waals surface area contributed by atoms with Crippen molar-refractivity contribution in [2.45, 2.75) is 26.1 Å². The van der Waals surface area contributed by atoms with Crippen molar-refractivity contribution in [2.24, 2.45) is 0 Å². The van der Waals surface area contributed by atoms with Gasteiger partial charge in [-0.05, 0) is 30.2 Å². The predicted octanol–water partition coefficient (Wildman–Crippen LogP) is 2.73. The summed E-state index contributed by atoms with van der Waals surface area (Å²) in [7, 11) is 0. The number of nitrogens with zero attached hydrogens (tertiary/aromatic N) is 3. The van der Waals surface area contributed by atoms with Crippen LogP contribution in [0.15, 0.2) is 67.3 Å². The maximum Gasteiger partial charge on any atom is 0.244 e. The number of ether oxygens (including phenoxy) is 1. The molecule has 1 atom stereocenters. The van der Waals surface area contributed by atoms with Crippen LogP contribution in [0.1, 0.15) is 24.1 Å². The second-order valence-electron chi connectivity index (χ2n) is 5.69. The van der Waals surface area contributed by atoms with Crippen LogP contribution in [0.3, 0.4) is 0 Å². The molecule has 0 aliphatic carbocycles. The van der Waals surface area contributed by atoms with Crippen LogP contribution in [0.4, 0.5) is 0 Å². The molecular formula is C19H20N4O2. The molecule has 0 radical (unpaired) electrons. The first-order valence-corrected chi connectivity index (χ1v) is 8.10. The highest BCUT2D eigenvalue weighted by Gasteiger charge is 2.14. The lowest BCUT2D eigenvalue weighted by molar-refractivity contribution is -0.124. The first-order chi connectivity index (χ1) is 12.2. The standard InChI is InChI=1S/C19H20N4O2/c1-15(23-14-20-13-22-23)19(24)21-11-17-8-5-9-18(10-17)25-12-16-6-3-2-4-7-16/h2-10,13-15H,11-12H2,1H3,(H,21,24)/t15-/m1/s1. The van der Waals surface area contributed by atoms with Gasteiger partial charge in [0.15, 0.2) is 0 Å². The number of rotatable bonds is 7. The van der Waals surface area contributed by atoms with Crippen molar-refractivity contribution >= 4 is 5.91 Å². The minimum Gasteiger partial charge on any atom is -0.489 e. The summed E-state index contributed by atoms with van der Waals surface area (Å²) in [5.74, 6) is 0.668. The van der Waals surface area contributed by atoms with Gasteiger partial charge in [0.1, 0.15) is 31.1 Å². The maximum absolute atomic E-state index is 12.2. The van der Waals surface area contributed by atoms with E-state index in [4.69, 9.17) is 4.74 Å². The maximum atomic E-state index is 12.2. The molecule has 128 valence electrons. The van der Waals surface area contributed by atoms with E-state index in [1.165, 1.54) is 17.3 Å². The van der Waals surface area contributed by atoms with E-state index in [2.05, 4.69) is 15.4 Å². The topological polar surface area (TPSA) is 69.0 Å². The Balaban J connectivity index is 1.54. The first kappa shape index (κ1) is 16.7. The van der Waals surface area contributed by atoms with Crippen molar-refractivity contribution < 1.29 is 9.53 Å². The monoisotopic (exact) mass is 336 g/mol. The number of aromatic nitrogens is 3. The largest absolute Gasteiger partial charge is 0.489 e. The van der Waals surface area contributed by atoms with E-state index in [1.807, 2.05) is 54.6 Å². The Morgan fingerprint density at radius 3 is 2.72 bits per heavy atom. The SMILES string of the molecule is C[C@H](C(=O)NCc1cccc(OCc2ccccc2)c1)n1cncn1. The fourth-order valence-corrected chi connectivity index (χ4v) is 2.36. The summed E-state index contributed by atoms with van der Waals surface area (Å²) in [6.45, 7) is 2.73. The van der Waals surface area contributed by atoms with Gasteiger partial charge in [0.25, 0.3) is 0 Å². The molecule has 6 nitrogen and oxygen atoms in total. The molecule has 0 aliphatic rings. The average molecular weight is 336 g/mol. The lowest BCUT2D eigenvalue weighted by Gasteiger charge is -2.13. The molecule has 1 heterocycles. The molecular weight excluding hydrogens is 316 g/mol. The van der Waals surface area contributed by atoms with E-state index < -0.39 is 6.04 Å². The Morgan fingerprint density at radius 2 is 1.96 bits per heavy atom. The van der Waals surface area contributed by atoms with Gasteiger partial charge >= 0.3 is 0 Å². The molecule has 3 aromatic rings. The van der Waals surface area contributed by atoms with Crippen LogP contribution in [0.25, 0.3) is 0 Å². The van der Waals surface area contributed by atoms with Gasteiger partial charge in [0, 0.05) is 6.54 Å². The zero-order valence-electron chi connectivity index (χ0n) is 14.0. The van der Waals surface area contributed by atoms with Crippen LogP contribution >= 0.6 is 0 Å². The number of carbonyl (C=O) groups excluding carboxylic acids is 1. The zero-order chi connectivity index (χ0) is 17.5. The minimum atomic E-state index is -0.403. The third-order valence-electron chi connectivity index (χ3n) is 3.83. The summed E-state index contributed by atoms with van der Waals surface area (Å²) in [4.78, 5) is 16.0. The summed E-state index contributed by atoms with van der Waals surface area (Å²) in [6.07, 6.45) is 2.94. The van der Waals surface area contributed by atoms with Crippen molar-refractivity contribution in [3.8, 4) is 5.75 Å². The number of amides is 1. The molecule has 3 rings (SSSR count). The lowest BCUT2D eigenvalue weighted by Crippen LogP contribution is -2.30. The highest BCUT2D eigenvalue weighted by Crippen LogP contribution is 2.15. The van der Waals surface area contributed by atoms with Crippen LogP contribution in [-0.2, 0) is 17.9 Å². The third kappa shape index (κ3) is 4.67. The van der Waals surface area contributed by atoms with Crippen LogP contribution in [0, 0.1) is 0 Å². The second kappa shape index (κ2) is 8.10. The third-order valence-corrected chi connectivity index (χ3v) is 3.83. The first-order valence-electron chi connectivity index (χ1n) is 8.10. The quantitative estimate of drug-likeness (QED) is 0.720. The molecule has 2 aromatic carbocycles. The van der Waals surface area contributed by atoms with Gasteiger partial charge in [-0.2, -0.15) is 5.10 Å². The van der Waals surface area contributed by atoms with Crippen molar-refractivity contribution in [3.63, 3.8) is 0 Å². The minimum absolute atomic E-state index is 0.110. The smallest absolute Gasteiger partial charge is 0.244 e. The highest BCUT2D eigenvalue weighted by atomic mass is 16.5. The van der Waals surface area contributed by atoms with E-state index >= 15 is 0 Å². The van der Waals surface area contributed by atoms with Crippen molar-refractivity contribution in [2.75, 3.05) is 0 Å². The Labute approximate surface area is 146 Å². The zero-order valence-corrected chi connectivity index (χ0v) is 14.0. The van der Waals surface area contributed by atoms with E-state index in [-0.39, 0.29) is 5.91 Å². The number of nitrogens with one attached hydrogen (secondary N) is 1. The van der Waals surface area contributed by atoms with E-state index in [0.717, 1.165) is 16.9 Å². The molecule has 0 spiro atoms. The highest BCUT2D eigenvalue weighted by molar-refractivity contribution is 5.79. The van der Waals surface area contributed by atoms with Crippen molar-refractivity contribution in [1.82, 2.24) is 20.1 Å². The lowest BCUT2D eigenvalue weighted by atomic mass is 10.2. The van der Waals surface area contributed by atoms with Crippen LogP contribution < -0.4 is 10.1 Å². The Kier molecular flexibility index (Phi) is 5.41. The molecule has 0 fully saturated rings. The van der Waals surface area contributed by atoms with Gasteiger partial charge in [0.2, 0.25) is 5.91 Å². The number of hydrogen-bond acceptors (Lipinski definition) is 4. The molecule has 0 saturated heterocycles. The summed E-state index contributed by atoms with van der Waals surface area (Å²) < 4.78 is 7.33. The molecule has 1 N–H and O–H groups in total. The Hall–Kier alpha value is -3.15. The Bertz CT molecular complexity index is 803. The summed E-state index contributed by atoms with van der Waals surface area (Å²) >= 11 is 0. The summed E-state index contributed by atoms with van der Waals surface area (Å²) in [5, 5.41) is 6.89. The van der Waals surface area contributed by atoms with E-state index in [9.17, 15) is 4.79 Å². The van der Waals surface area contributed by atoms with Gasteiger partial charge in [-0.3, -0.25) is 4.79 Å². The van der Waals surface area contributed by atoms with Crippen molar-refractivity contribution in [3.05, 3.63) is 78.4 Å². The van der Waals surface area contributed by atoms with Gasteiger partial charge in [-0.15, -0.1) is 0 Å². The molecule has 1 aromatic heterocycles. The van der Waals surface area contributed by atoms with E-state index in [0.29, 0.717) is 13.2 Å². The van der Waals surface area contributed by atoms with Crippen LogP contribution in [-0.4, -0.2) is 20.7 Å². The van der Waals surface area contributed by atoms with Crippen molar-refractivity contribution in [1.29, 1.82) is 0 Å². The van der Waals surface area contributed by atoms with Gasteiger partial charge < -0.3 is 10.1 Å². The number of benzene rings is 2. The fraction of sp³-hybridized carbons (Fsp3) is 0.211. The van der Waals surface area contributed by atoms with Crippen LogP contribution in [0.5, 0.6) is 5.75 Å². The molecule has 0 aliphatic heterocycles. The summed E-state index contributed by atoms with van der Waals surface area (Å²) in [6, 6.07) is 17.3. The number of hydrogen-bond donors (Lipinski definition) is 1. The molecule has 0 saturated carbocycles. The molecule has 0 bridgehead atoms. The van der Waals surface area contributed by atoms with Crippen LogP contribution in [0.2, 0.25) is 0 Å². The molecule has 1 amide bonds. The molecule has 6 heteroatoms. The molecule has 25 heavy (non-hydrogen) atoms. The predicted molar refractivity (Wildman–Crippen MR) is 93.8 cm³/mol.